The lowest BCUT2D eigenvalue weighted by Crippen LogP contribution is -2.56. The summed E-state index contributed by atoms with van der Waals surface area (Å²) in [4.78, 5) is 24.8. The predicted molar refractivity (Wildman–Crippen MR) is 152 cm³/mol. The lowest BCUT2D eigenvalue weighted by atomic mass is 9.95. The first-order chi connectivity index (χ1) is 18.5. The molecule has 1 amide bonds. The van der Waals surface area contributed by atoms with Gasteiger partial charge < -0.3 is 15.2 Å². The smallest absolute Gasteiger partial charge is 0.242 e. The zero-order valence-corrected chi connectivity index (χ0v) is 23.1. The molecule has 0 saturated carbocycles. The number of halogens is 2. The molecule has 194 valence electrons. The first-order valence-corrected chi connectivity index (χ1v) is 14.0. The predicted octanol–water partition coefficient (Wildman–Crippen LogP) is 4.84. The summed E-state index contributed by atoms with van der Waals surface area (Å²) < 4.78 is 2.98. The maximum Gasteiger partial charge on any atom is 0.242 e. The average molecular weight is 592 g/mol. The lowest BCUT2D eigenvalue weighted by Gasteiger charge is -2.39. The Balaban J connectivity index is 1.24. The minimum absolute atomic E-state index is 0.0382. The molecule has 0 spiro atoms. The number of hydrogen-bond donors (Lipinski definition) is 2. The third-order valence-electron chi connectivity index (χ3n) is 7.30. The summed E-state index contributed by atoms with van der Waals surface area (Å²) in [5.41, 5.74) is 6.63. The maximum absolute atomic E-state index is 13.4. The number of fused-ring (bicyclic) bond motifs is 2. The molecule has 2 aromatic carbocycles. The largest absolute Gasteiger partial charge is 0.333 e. The zero-order valence-electron chi connectivity index (χ0n) is 20.8. The van der Waals surface area contributed by atoms with Gasteiger partial charge in [0.15, 0.2) is 0 Å². The first kappa shape index (κ1) is 25.2. The second-order valence-corrected chi connectivity index (χ2v) is 11.2. The third-order valence-corrected chi connectivity index (χ3v) is 7.97. The summed E-state index contributed by atoms with van der Waals surface area (Å²) in [5, 5.41) is 7.30. The van der Waals surface area contributed by atoms with Gasteiger partial charge in [0.25, 0.3) is 0 Å². The second-order valence-electron chi connectivity index (χ2n) is 9.87. The van der Waals surface area contributed by atoms with E-state index in [2.05, 4.69) is 60.7 Å². The minimum Gasteiger partial charge on any atom is -0.333 e. The van der Waals surface area contributed by atoms with Gasteiger partial charge in [-0.3, -0.25) is 14.7 Å². The Morgan fingerprint density at radius 1 is 1.16 bits per heavy atom. The zero-order chi connectivity index (χ0) is 26.1. The van der Waals surface area contributed by atoms with Crippen LogP contribution >= 0.6 is 27.5 Å². The van der Waals surface area contributed by atoms with Gasteiger partial charge in [-0.15, -0.1) is 0 Å². The molecule has 1 aliphatic heterocycles. The average Bonchev–Trinajstić information content (AvgIpc) is 3.37. The van der Waals surface area contributed by atoms with E-state index >= 15 is 0 Å². The van der Waals surface area contributed by atoms with Gasteiger partial charge >= 0.3 is 0 Å². The third kappa shape index (κ3) is 5.40. The Morgan fingerprint density at radius 2 is 2.05 bits per heavy atom. The molecule has 2 aromatic heterocycles. The van der Waals surface area contributed by atoms with Crippen LogP contribution in [0.3, 0.4) is 0 Å². The van der Waals surface area contributed by atoms with Crippen LogP contribution in [-0.4, -0.2) is 51.0 Å². The van der Waals surface area contributed by atoms with Crippen molar-refractivity contribution in [3.63, 3.8) is 0 Å². The number of pyridine rings is 1. The Labute approximate surface area is 235 Å². The van der Waals surface area contributed by atoms with Crippen LogP contribution in [0.1, 0.15) is 34.0 Å². The van der Waals surface area contributed by atoms with Crippen molar-refractivity contribution >= 4 is 39.1 Å². The standard InChI is InChI=1S/C29H28BrClN6O/c30-22-13-21-5-4-20-14-23(31)6-7-25(20)28(27(21)34-15-22)37-11-9-33-26(17-37)29(38)35-24-3-1-2-19(12-24)16-36-10-8-32-18-36/h1-3,6-8,10,12-15,18,26,28,33H,4-5,9,11,16-17H2,(H,35,38). The number of aryl methyl sites for hydroxylation is 2. The van der Waals surface area contributed by atoms with Gasteiger partial charge in [-0.2, -0.15) is 0 Å². The van der Waals surface area contributed by atoms with Crippen LogP contribution in [0.4, 0.5) is 5.69 Å². The second kappa shape index (κ2) is 11.0. The van der Waals surface area contributed by atoms with Crippen LogP contribution in [0.5, 0.6) is 0 Å². The molecule has 2 unspecified atom stereocenters. The number of benzene rings is 2. The van der Waals surface area contributed by atoms with Gasteiger partial charge in [0.05, 0.1) is 24.1 Å². The normalized spacial score (nSPS) is 19.3. The van der Waals surface area contributed by atoms with E-state index in [0.717, 1.165) is 45.8 Å². The van der Waals surface area contributed by atoms with Crippen molar-refractivity contribution < 1.29 is 4.79 Å². The molecule has 2 atom stereocenters. The Morgan fingerprint density at radius 3 is 2.92 bits per heavy atom. The van der Waals surface area contributed by atoms with Crippen LogP contribution in [0.15, 0.2) is 77.9 Å². The molecule has 3 heterocycles. The highest BCUT2D eigenvalue weighted by Crippen LogP contribution is 2.38. The summed E-state index contributed by atoms with van der Waals surface area (Å²) in [7, 11) is 0. The molecule has 0 radical (unpaired) electrons. The minimum atomic E-state index is -0.348. The summed E-state index contributed by atoms with van der Waals surface area (Å²) in [6.07, 6.45) is 9.16. The molecule has 1 fully saturated rings. The Bertz CT molecular complexity index is 1410. The topological polar surface area (TPSA) is 75.1 Å². The summed E-state index contributed by atoms with van der Waals surface area (Å²) in [6, 6.07) is 15.9. The molecular weight excluding hydrogens is 564 g/mol. The van der Waals surface area contributed by atoms with Crippen molar-refractivity contribution in [2.24, 2.45) is 0 Å². The van der Waals surface area contributed by atoms with Gasteiger partial charge in [0.2, 0.25) is 5.91 Å². The lowest BCUT2D eigenvalue weighted by molar-refractivity contribution is -0.119. The van der Waals surface area contributed by atoms with Gasteiger partial charge in [0, 0.05) is 60.0 Å². The van der Waals surface area contributed by atoms with Crippen LogP contribution in [0, 0.1) is 0 Å². The molecule has 6 rings (SSSR count). The number of rotatable bonds is 5. The van der Waals surface area contributed by atoms with Crippen molar-refractivity contribution in [1.29, 1.82) is 0 Å². The van der Waals surface area contributed by atoms with Crippen molar-refractivity contribution in [2.45, 2.75) is 31.5 Å². The van der Waals surface area contributed by atoms with Crippen molar-refractivity contribution in [3.8, 4) is 0 Å². The molecular formula is C29H28BrClN6O. The Kier molecular flexibility index (Phi) is 7.30. The number of hydrogen-bond acceptors (Lipinski definition) is 5. The molecule has 38 heavy (non-hydrogen) atoms. The highest BCUT2D eigenvalue weighted by atomic mass is 79.9. The number of anilines is 1. The van der Waals surface area contributed by atoms with E-state index in [0.29, 0.717) is 19.6 Å². The monoisotopic (exact) mass is 590 g/mol. The van der Waals surface area contributed by atoms with Crippen molar-refractivity contribution in [2.75, 3.05) is 25.0 Å². The molecule has 9 heteroatoms. The van der Waals surface area contributed by atoms with Crippen molar-refractivity contribution in [1.82, 2.24) is 24.8 Å². The van der Waals surface area contributed by atoms with Crippen LogP contribution < -0.4 is 10.6 Å². The van der Waals surface area contributed by atoms with E-state index in [1.807, 2.05) is 41.2 Å². The van der Waals surface area contributed by atoms with E-state index in [4.69, 9.17) is 16.6 Å². The number of amides is 1. The molecule has 2 aliphatic rings. The van der Waals surface area contributed by atoms with E-state index in [-0.39, 0.29) is 18.0 Å². The van der Waals surface area contributed by atoms with Crippen LogP contribution in [0.25, 0.3) is 0 Å². The fourth-order valence-corrected chi connectivity index (χ4v) is 6.11. The van der Waals surface area contributed by atoms with E-state index < -0.39 is 0 Å². The number of nitrogens with one attached hydrogen (secondary N) is 2. The van der Waals surface area contributed by atoms with Gasteiger partial charge in [-0.05, 0) is 81.4 Å². The molecule has 4 aromatic rings. The van der Waals surface area contributed by atoms with E-state index in [9.17, 15) is 4.79 Å². The van der Waals surface area contributed by atoms with E-state index in [1.54, 1.807) is 12.5 Å². The van der Waals surface area contributed by atoms with Gasteiger partial charge in [-0.25, -0.2) is 4.98 Å². The van der Waals surface area contributed by atoms with Crippen LogP contribution in [-0.2, 0) is 24.2 Å². The highest BCUT2D eigenvalue weighted by molar-refractivity contribution is 9.10. The number of nitrogens with zero attached hydrogens (tertiary/aromatic N) is 4. The summed E-state index contributed by atoms with van der Waals surface area (Å²) >= 11 is 9.98. The first-order valence-electron chi connectivity index (χ1n) is 12.8. The summed E-state index contributed by atoms with van der Waals surface area (Å²) in [5.74, 6) is -0.0385. The molecule has 1 aliphatic carbocycles. The van der Waals surface area contributed by atoms with E-state index in [1.165, 1.54) is 16.7 Å². The molecule has 2 N–H and O–H groups in total. The number of carbonyl (C=O) groups excluding carboxylic acids is 1. The van der Waals surface area contributed by atoms with Crippen LogP contribution in [0.2, 0.25) is 5.02 Å². The number of piperazine rings is 1. The number of carbonyl (C=O) groups is 1. The highest BCUT2D eigenvalue weighted by Gasteiger charge is 2.35. The van der Waals surface area contributed by atoms with Gasteiger partial charge in [-0.1, -0.05) is 29.8 Å². The number of imidazole rings is 1. The molecule has 7 nitrogen and oxygen atoms in total. The van der Waals surface area contributed by atoms with Gasteiger partial charge in [0.1, 0.15) is 0 Å². The maximum atomic E-state index is 13.4. The molecule has 1 saturated heterocycles. The quantitative estimate of drug-likeness (QED) is 0.347. The summed E-state index contributed by atoms with van der Waals surface area (Å²) in [6.45, 7) is 2.80. The number of aromatic nitrogens is 3. The Hall–Kier alpha value is -3.04. The van der Waals surface area contributed by atoms with Crippen molar-refractivity contribution in [3.05, 3.63) is 111 Å². The molecule has 0 bridgehead atoms. The fourth-order valence-electron chi connectivity index (χ4n) is 5.53. The fraction of sp³-hybridized carbons (Fsp3) is 0.276. The SMILES string of the molecule is O=C(Nc1cccc(Cn2ccnc2)c1)C1CN(C2c3ccc(Cl)cc3CCc3cc(Br)cnc32)CCN1.